The SMILES string of the molecule is C[C@@H](NC(=O)CNC(=O)c1sc2ccccc2c1Cl)c1ccc(-n2ccnc2)cc1. The Morgan fingerprint density at radius 3 is 2.63 bits per heavy atom. The Kier molecular flexibility index (Phi) is 5.83. The number of fused-ring (bicyclic) bond motifs is 1. The van der Waals surface area contributed by atoms with Gasteiger partial charge in [0.2, 0.25) is 5.91 Å². The molecule has 4 rings (SSSR count). The van der Waals surface area contributed by atoms with Crippen molar-refractivity contribution in [1.82, 2.24) is 20.2 Å². The molecule has 0 saturated heterocycles. The smallest absolute Gasteiger partial charge is 0.263 e. The number of hydrogen-bond donors (Lipinski definition) is 2. The van der Waals surface area contributed by atoms with Gasteiger partial charge in [-0.05, 0) is 30.7 Å². The first kappa shape index (κ1) is 20.1. The lowest BCUT2D eigenvalue weighted by atomic mass is 10.1. The zero-order valence-electron chi connectivity index (χ0n) is 16.1. The maximum absolute atomic E-state index is 12.5. The minimum absolute atomic E-state index is 0.124. The predicted octanol–water partition coefficient (Wildman–Crippen LogP) is 4.35. The van der Waals surface area contributed by atoms with Crippen LogP contribution in [-0.4, -0.2) is 27.9 Å². The van der Waals surface area contributed by atoms with Crippen LogP contribution in [0.15, 0.2) is 67.3 Å². The summed E-state index contributed by atoms with van der Waals surface area (Å²) >= 11 is 7.64. The zero-order chi connectivity index (χ0) is 21.1. The van der Waals surface area contributed by atoms with Crippen LogP contribution in [0.2, 0.25) is 5.02 Å². The summed E-state index contributed by atoms with van der Waals surface area (Å²) in [6.07, 6.45) is 5.31. The zero-order valence-corrected chi connectivity index (χ0v) is 17.7. The summed E-state index contributed by atoms with van der Waals surface area (Å²) in [5.41, 5.74) is 1.95. The van der Waals surface area contributed by atoms with Crippen LogP contribution in [0.25, 0.3) is 15.8 Å². The Hall–Kier alpha value is -3.16. The topological polar surface area (TPSA) is 76.0 Å². The maximum atomic E-state index is 12.5. The number of rotatable bonds is 6. The molecular formula is C22H19ClN4O2S. The van der Waals surface area contributed by atoms with Gasteiger partial charge >= 0.3 is 0 Å². The molecule has 0 spiro atoms. The number of nitrogens with zero attached hydrogens (tertiary/aromatic N) is 2. The second-order valence-electron chi connectivity index (χ2n) is 6.77. The van der Waals surface area contributed by atoms with E-state index >= 15 is 0 Å². The molecule has 0 unspecified atom stereocenters. The Bertz CT molecular complexity index is 1190. The van der Waals surface area contributed by atoms with Crippen molar-refractivity contribution < 1.29 is 9.59 Å². The molecule has 0 aliphatic heterocycles. The van der Waals surface area contributed by atoms with Crippen LogP contribution in [0.3, 0.4) is 0 Å². The highest BCUT2D eigenvalue weighted by atomic mass is 35.5. The van der Waals surface area contributed by atoms with Crippen LogP contribution in [0.1, 0.15) is 28.2 Å². The molecule has 0 fully saturated rings. The van der Waals surface area contributed by atoms with Gasteiger partial charge in [-0.1, -0.05) is 41.9 Å². The van der Waals surface area contributed by atoms with Gasteiger partial charge in [0.05, 0.1) is 23.9 Å². The average molecular weight is 439 g/mol. The molecule has 30 heavy (non-hydrogen) atoms. The van der Waals surface area contributed by atoms with Crippen molar-refractivity contribution >= 4 is 44.8 Å². The van der Waals surface area contributed by atoms with E-state index in [0.29, 0.717) is 9.90 Å². The molecule has 1 atom stereocenters. The molecule has 0 aliphatic rings. The third kappa shape index (κ3) is 4.22. The lowest BCUT2D eigenvalue weighted by Gasteiger charge is -2.15. The Labute approximate surface area is 182 Å². The Morgan fingerprint density at radius 2 is 1.93 bits per heavy atom. The molecule has 152 valence electrons. The molecular weight excluding hydrogens is 420 g/mol. The Morgan fingerprint density at radius 1 is 1.17 bits per heavy atom. The van der Waals surface area contributed by atoms with E-state index in [1.54, 1.807) is 12.5 Å². The minimum atomic E-state index is -0.353. The second-order valence-corrected chi connectivity index (χ2v) is 8.20. The van der Waals surface area contributed by atoms with Gasteiger partial charge in [0.25, 0.3) is 5.91 Å². The van der Waals surface area contributed by atoms with Crippen LogP contribution >= 0.6 is 22.9 Å². The molecule has 0 saturated carbocycles. The van der Waals surface area contributed by atoms with E-state index in [1.807, 2.05) is 66.2 Å². The molecule has 2 heterocycles. The van der Waals surface area contributed by atoms with Gasteiger partial charge in [-0.2, -0.15) is 0 Å². The van der Waals surface area contributed by atoms with E-state index < -0.39 is 0 Å². The highest BCUT2D eigenvalue weighted by molar-refractivity contribution is 7.21. The molecule has 2 N–H and O–H groups in total. The van der Waals surface area contributed by atoms with Gasteiger partial charge in [0, 0.05) is 28.2 Å². The second kappa shape index (κ2) is 8.69. The first-order valence-corrected chi connectivity index (χ1v) is 10.6. The molecule has 2 aromatic heterocycles. The summed E-state index contributed by atoms with van der Waals surface area (Å²) in [7, 11) is 0. The van der Waals surface area contributed by atoms with Gasteiger partial charge in [-0.3, -0.25) is 9.59 Å². The molecule has 8 heteroatoms. The quantitative estimate of drug-likeness (QED) is 0.470. The molecule has 0 aliphatic carbocycles. The van der Waals surface area contributed by atoms with Gasteiger partial charge in [-0.25, -0.2) is 4.98 Å². The summed E-state index contributed by atoms with van der Waals surface area (Å²) in [6, 6.07) is 15.2. The van der Waals surface area contributed by atoms with Crippen molar-refractivity contribution in [2.45, 2.75) is 13.0 Å². The van der Waals surface area contributed by atoms with E-state index in [4.69, 9.17) is 11.6 Å². The van der Waals surface area contributed by atoms with Crippen molar-refractivity contribution in [3.63, 3.8) is 0 Å². The largest absolute Gasteiger partial charge is 0.348 e. The summed E-state index contributed by atoms with van der Waals surface area (Å²) in [5, 5.41) is 6.80. The van der Waals surface area contributed by atoms with Crippen molar-refractivity contribution in [3.05, 3.63) is 82.7 Å². The summed E-state index contributed by atoms with van der Waals surface area (Å²) in [5.74, 6) is -0.625. The minimum Gasteiger partial charge on any atom is -0.348 e. The number of nitrogens with one attached hydrogen (secondary N) is 2. The average Bonchev–Trinajstić information content (AvgIpc) is 3.41. The fourth-order valence-electron chi connectivity index (χ4n) is 3.12. The van der Waals surface area contributed by atoms with E-state index in [2.05, 4.69) is 15.6 Å². The standard InChI is InChI=1S/C22H19ClN4O2S/c1-14(15-6-8-16(9-7-15)27-11-10-24-13-27)26-19(28)12-25-22(29)21-20(23)17-4-2-3-5-18(17)30-21/h2-11,13-14H,12H2,1H3,(H,25,29)(H,26,28)/t14-/m1/s1. The number of carbonyl (C=O) groups excluding carboxylic acids is 2. The summed E-state index contributed by atoms with van der Waals surface area (Å²) in [4.78, 5) is 29.2. The lowest BCUT2D eigenvalue weighted by Crippen LogP contribution is -2.37. The van der Waals surface area contributed by atoms with Crippen molar-refractivity contribution in [1.29, 1.82) is 0 Å². The number of amides is 2. The van der Waals surface area contributed by atoms with Gasteiger partial charge in [-0.15, -0.1) is 11.3 Å². The van der Waals surface area contributed by atoms with Crippen molar-refractivity contribution in [2.75, 3.05) is 6.54 Å². The van der Waals surface area contributed by atoms with Crippen LogP contribution < -0.4 is 10.6 Å². The number of thiophene rings is 1. The summed E-state index contributed by atoms with van der Waals surface area (Å²) < 4.78 is 2.84. The highest BCUT2D eigenvalue weighted by Gasteiger charge is 2.18. The first-order chi connectivity index (χ1) is 14.5. The highest BCUT2D eigenvalue weighted by Crippen LogP contribution is 2.34. The lowest BCUT2D eigenvalue weighted by molar-refractivity contribution is -0.120. The van der Waals surface area contributed by atoms with Crippen LogP contribution in [0.5, 0.6) is 0 Å². The van der Waals surface area contributed by atoms with Crippen molar-refractivity contribution in [2.24, 2.45) is 0 Å². The monoisotopic (exact) mass is 438 g/mol. The van der Waals surface area contributed by atoms with E-state index in [0.717, 1.165) is 21.3 Å². The van der Waals surface area contributed by atoms with Crippen LogP contribution in [0, 0.1) is 0 Å². The van der Waals surface area contributed by atoms with E-state index in [1.165, 1.54) is 11.3 Å². The number of halogens is 1. The number of benzene rings is 2. The third-order valence-corrected chi connectivity index (χ3v) is 6.40. The number of hydrogen-bond acceptors (Lipinski definition) is 4. The maximum Gasteiger partial charge on any atom is 0.263 e. The molecule has 2 aromatic carbocycles. The molecule has 2 amide bonds. The fourth-order valence-corrected chi connectivity index (χ4v) is 4.56. The normalized spacial score (nSPS) is 11.9. The summed E-state index contributed by atoms with van der Waals surface area (Å²) in [6.45, 7) is 1.77. The predicted molar refractivity (Wildman–Crippen MR) is 119 cm³/mol. The number of aromatic nitrogens is 2. The van der Waals surface area contributed by atoms with Gasteiger partial charge in [0.15, 0.2) is 0 Å². The number of carbonyl (C=O) groups is 2. The van der Waals surface area contributed by atoms with Gasteiger partial charge in [0.1, 0.15) is 4.88 Å². The molecule has 4 aromatic rings. The Balaban J connectivity index is 1.33. The van der Waals surface area contributed by atoms with Crippen LogP contribution in [-0.2, 0) is 4.79 Å². The molecule has 0 bridgehead atoms. The van der Waals surface area contributed by atoms with E-state index in [-0.39, 0.29) is 24.4 Å². The van der Waals surface area contributed by atoms with E-state index in [9.17, 15) is 9.59 Å². The first-order valence-electron chi connectivity index (χ1n) is 9.36. The van der Waals surface area contributed by atoms with Crippen LogP contribution in [0.4, 0.5) is 0 Å². The van der Waals surface area contributed by atoms with Gasteiger partial charge < -0.3 is 15.2 Å². The third-order valence-electron chi connectivity index (χ3n) is 4.72. The molecule has 0 radical (unpaired) electrons. The number of imidazole rings is 1. The van der Waals surface area contributed by atoms with Crippen molar-refractivity contribution in [3.8, 4) is 5.69 Å². The molecule has 6 nitrogen and oxygen atoms in total. The fraction of sp³-hybridized carbons (Fsp3) is 0.136.